The molecule has 0 radical (unpaired) electrons. The first-order valence-corrected chi connectivity index (χ1v) is 13.4. The van der Waals surface area contributed by atoms with E-state index in [0.29, 0.717) is 31.7 Å². The molecule has 0 fully saturated rings. The monoisotopic (exact) mass is 625 g/mol. The SMILES string of the molecule is Cl.Cl.Cl.O=C(c1cccnc1Sc1ccccc1)N1CCN(Cc2cnc[nH]2)c2ccc(-c3ccccc3)cc2C1. The Morgan fingerprint density at radius 1 is 0.854 bits per heavy atom. The number of nitrogens with one attached hydrogen (secondary N) is 1. The minimum atomic E-state index is -0.00372. The Bertz CT molecular complexity index is 1540. The van der Waals surface area contributed by atoms with Crippen molar-refractivity contribution in [3.05, 3.63) is 127 Å². The number of rotatable bonds is 6. The second kappa shape index (κ2) is 14.9. The molecule has 0 spiro atoms. The molecule has 1 amide bonds. The van der Waals surface area contributed by atoms with Crippen LogP contribution in [0.5, 0.6) is 0 Å². The molecule has 1 aliphatic rings. The van der Waals surface area contributed by atoms with Crippen molar-refractivity contribution in [2.75, 3.05) is 18.0 Å². The molecule has 5 aromatic rings. The molecule has 1 aliphatic heterocycles. The van der Waals surface area contributed by atoms with E-state index >= 15 is 0 Å². The van der Waals surface area contributed by atoms with Gasteiger partial charge in [0.25, 0.3) is 5.91 Å². The maximum atomic E-state index is 14.0. The number of fused-ring (bicyclic) bond motifs is 1. The Kier molecular flexibility index (Phi) is 11.7. The number of amides is 1. The molecule has 3 aromatic carbocycles. The second-order valence-corrected chi connectivity index (χ2v) is 10.3. The standard InChI is InChI=1S/C31H27N5OS.3ClH/c37-31(28-12-7-15-33-30(28)38-27-10-5-2-6-11-27)36-17-16-35(21-26-19-32-22-34-26)29-14-13-24(18-25(29)20-36)23-8-3-1-4-9-23;;;/h1-15,18-19,22H,16-17,20-21H2,(H,32,34);3*1H. The van der Waals surface area contributed by atoms with E-state index < -0.39 is 0 Å². The van der Waals surface area contributed by atoms with Gasteiger partial charge in [-0.25, -0.2) is 9.97 Å². The number of hydrogen-bond donors (Lipinski definition) is 1. The van der Waals surface area contributed by atoms with Gasteiger partial charge < -0.3 is 14.8 Å². The third kappa shape index (κ3) is 7.43. The Labute approximate surface area is 262 Å². The van der Waals surface area contributed by atoms with Gasteiger partial charge in [0, 0.05) is 42.6 Å². The lowest BCUT2D eigenvalue weighted by Crippen LogP contribution is -2.35. The zero-order chi connectivity index (χ0) is 25.7. The first-order valence-electron chi connectivity index (χ1n) is 12.6. The van der Waals surface area contributed by atoms with Crippen LogP contribution in [-0.2, 0) is 13.1 Å². The van der Waals surface area contributed by atoms with Crippen molar-refractivity contribution in [3.63, 3.8) is 0 Å². The molecule has 2 aromatic heterocycles. The van der Waals surface area contributed by atoms with Crippen molar-refractivity contribution in [1.29, 1.82) is 0 Å². The van der Waals surface area contributed by atoms with Gasteiger partial charge in [-0.2, -0.15) is 0 Å². The lowest BCUT2D eigenvalue weighted by Gasteiger charge is -2.24. The molecule has 0 aliphatic carbocycles. The van der Waals surface area contributed by atoms with E-state index in [1.165, 1.54) is 11.8 Å². The highest BCUT2D eigenvalue weighted by Gasteiger charge is 2.26. The molecule has 1 N–H and O–H groups in total. The summed E-state index contributed by atoms with van der Waals surface area (Å²) in [6.45, 7) is 2.54. The van der Waals surface area contributed by atoms with Crippen molar-refractivity contribution < 1.29 is 4.79 Å². The summed E-state index contributed by atoms with van der Waals surface area (Å²) in [6, 6.07) is 30.7. The average molecular weight is 627 g/mol. The largest absolute Gasteiger partial charge is 0.364 e. The third-order valence-corrected chi connectivity index (χ3v) is 7.72. The van der Waals surface area contributed by atoms with Gasteiger partial charge in [-0.1, -0.05) is 66.4 Å². The molecule has 10 heteroatoms. The highest BCUT2D eigenvalue weighted by atomic mass is 35.5. The lowest BCUT2D eigenvalue weighted by atomic mass is 10.0. The molecule has 0 saturated heterocycles. The van der Waals surface area contributed by atoms with Crippen LogP contribution in [0.25, 0.3) is 11.1 Å². The second-order valence-electron chi connectivity index (χ2n) is 9.21. The van der Waals surface area contributed by atoms with Gasteiger partial charge in [0.15, 0.2) is 0 Å². The number of halogens is 3. The average Bonchev–Trinajstić information content (AvgIpc) is 3.42. The summed E-state index contributed by atoms with van der Waals surface area (Å²) in [5, 5.41) is 0.723. The number of imidazole rings is 1. The zero-order valence-corrected chi connectivity index (χ0v) is 25.3. The number of aromatic nitrogens is 3. The molecule has 6 nitrogen and oxygen atoms in total. The maximum Gasteiger partial charge on any atom is 0.256 e. The van der Waals surface area contributed by atoms with Gasteiger partial charge in [-0.15, -0.1) is 37.2 Å². The highest BCUT2D eigenvalue weighted by Crippen LogP contribution is 2.33. The van der Waals surface area contributed by atoms with Crippen LogP contribution in [0.4, 0.5) is 5.69 Å². The number of aromatic amines is 1. The smallest absolute Gasteiger partial charge is 0.256 e. The quantitative estimate of drug-likeness (QED) is 0.211. The van der Waals surface area contributed by atoms with Crippen LogP contribution >= 0.6 is 49.0 Å². The fourth-order valence-corrected chi connectivity index (χ4v) is 5.69. The van der Waals surface area contributed by atoms with Crippen LogP contribution in [0.1, 0.15) is 21.6 Å². The topological polar surface area (TPSA) is 65.1 Å². The van der Waals surface area contributed by atoms with Gasteiger partial charge in [0.05, 0.1) is 24.1 Å². The van der Waals surface area contributed by atoms with Gasteiger partial charge >= 0.3 is 0 Å². The third-order valence-electron chi connectivity index (χ3n) is 6.69. The van der Waals surface area contributed by atoms with E-state index in [1.807, 2.05) is 59.6 Å². The summed E-state index contributed by atoms with van der Waals surface area (Å²) >= 11 is 1.52. The summed E-state index contributed by atoms with van der Waals surface area (Å²) < 4.78 is 0. The van der Waals surface area contributed by atoms with Gasteiger partial charge in [0.2, 0.25) is 0 Å². The fraction of sp³-hybridized carbons (Fsp3) is 0.129. The highest BCUT2D eigenvalue weighted by molar-refractivity contribution is 7.99. The van der Waals surface area contributed by atoms with Gasteiger partial charge in [-0.3, -0.25) is 4.79 Å². The van der Waals surface area contributed by atoms with Crippen LogP contribution in [0, 0.1) is 0 Å². The summed E-state index contributed by atoms with van der Waals surface area (Å²) in [5.41, 5.74) is 6.23. The number of H-pyrrole nitrogens is 1. The van der Waals surface area contributed by atoms with E-state index in [1.54, 1.807) is 12.5 Å². The predicted octanol–water partition coefficient (Wildman–Crippen LogP) is 7.55. The normalized spacial score (nSPS) is 12.2. The van der Waals surface area contributed by atoms with E-state index in [-0.39, 0.29) is 43.1 Å². The number of hydrogen-bond acceptors (Lipinski definition) is 5. The first kappa shape index (κ1) is 32.0. The summed E-state index contributed by atoms with van der Waals surface area (Å²) in [6.07, 6.45) is 5.31. The molecule has 6 rings (SSSR count). The van der Waals surface area contributed by atoms with Crippen LogP contribution in [0.2, 0.25) is 0 Å². The van der Waals surface area contributed by atoms with Crippen molar-refractivity contribution in [2.45, 2.75) is 23.0 Å². The Morgan fingerprint density at radius 2 is 1.61 bits per heavy atom. The van der Waals surface area contributed by atoms with E-state index in [4.69, 9.17) is 0 Å². The number of pyridine rings is 1. The van der Waals surface area contributed by atoms with Gasteiger partial charge in [0.1, 0.15) is 5.03 Å². The molecular formula is C31H30Cl3N5OS. The fourth-order valence-electron chi connectivity index (χ4n) is 4.80. The van der Waals surface area contributed by atoms with Crippen LogP contribution in [0.3, 0.4) is 0 Å². The number of carbonyl (C=O) groups excluding carboxylic acids is 1. The van der Waals surface area contributed by atoms with Crippen molar-refractivity contribution in [1.82, 2.24) is 19.9 Å². The molecule has 0 saturated carbocycles. The van der Waals surface area contributed by atoms with Gasteiger partial charge in [-0.05, 0) is 53.1 Å². The zero-order valence-electron chi connectivity index (χ0n) is 22.1. The molecule has 212 valence electrons. The minimum Gasteiger partial charge on any atom is -0.364 e. The number of anilines is 1. The number of carbonyl (C=O) groups is 1. The van der Waals surface area contributed by atoms with E-state index in [2.05, 4.69) is 62.3 Å². The summed E-state index contributed by atoms with van der Waals surface area (Å²) in [7, 11) is 0. The van der Waals surface area contributed by atoms with E-state index in [0.717, 1.165) is 38.0 Å². The minimum absolute atomic E-state index is 0. The van der Waals surface area contributed by atoms with Crippen molar-refractivity contribution >= 4 is 60.6 Å². The lowest BCUT2D eigenvalue weighted by molar-refractivity contribution is 0.0747. The maximum absolute atomic E-state index is 14.0. The Balaban J connectivity index is 0.00000154. The van der Waals surface area contributed by atoms with Crippen LogP contribution in [0.15, 0.2) is 120 Å². The van der Waals surface area contributed by atoms with Crippen molar-refractivity contribution in [2.24, 2.45) is 0 Å². The van der Waals surface area contributed by atoms with Crippen LogP contribution in [-0.4, -0.2) is 38.8 Å². The Morgan fingerprint density at radius 3 is 2.34 bits per heavy atom. The summed E-state index contributed by atoms with van der Waals surface area (Å²) in [5.74, 6) is -0.00372. The van der Waals surface area contributed by atoms with Crippen molar-refractivity contribution in [3.8, 4) is 11.1 Å². The number of benzene rings is 3. The summed E-state index contributed by atoms with van der Waals surface area (Å²) in [4.78, 5) is 31.3. The molecule has 3 heterocycles. The molecule has 41 heavy (non-hydrogen) atoms. The first-order chi connectivity index (χ1) is 18.7. The molecule has 0 unspecified atom stereocenters. The number of nitrogens with zero attached hydrogens (tertiary/aromatic N) is 4. The molecule has 0 bridgehead atoms. The molecular weight excluding hydrogens is 597 g/mol. The Hall–Kier alpha value is -3.49. The predicted molar refractivity (Wildman–Crippen MR) is 173 cm³/mol. The molecule has 0 atom stereocenters. The van der Waals surface area contributed by atoms with E-state index in [9.17, 15) is 4.79 Å². The van der Waals surface area contributed by atoms with Crippen LogP contribution < -0.4 is 4.90 Å².